The fraction of sp³-hybridized carbons (Fsp3) is 0.0526. The number of aromatic nitrogens is 2. The summed E-state index contributed by atoms with van der Waals surface area (Å²) in [5, 5.41) is 13.8. The Morgan fingerprint density at radius 2 is 2.15 bits per heavy atom. The van der Waals surface area contributed by atoms with Crippen molar-refractivity contribution in [2.24, 2.45) is 0 Å². The van der Waals surface area contributed by atoms with Gasteiger partial charge in [0.15, 0.2) is 4.47 Å². The second-order valence-electron chi connectivity index (χ2n) is 5.74. The van der Waals surface area contributed by atoms with E-state index in [2.05, 4.69) is 15.3 Å². The monoisotopic (exact) mass is 383 g/mol. The smallest absolute Gasteiger partial charge is 0.337 e. The molecule has 0 bridgehead atoms. The SMILES string of the molecule is O=C(O)c1ccc(-c2cccc3[nH]ccc23)cc1NCc1cnc(Cl)s1. The van der Waals surface area contributed by atoms with E-state index in [4.69, 9.17) is 11.6 Å². The van der Waals surface area contributed by atoms with Crippen LogP contribution < -0.4 is 5.32 Å². The van der Waals surface area contributed by atoms with Gasteiger partial charge in [-0.25, -0.2) is 9.78 Å². The molecule has 0 aliphatic heterocycles. The van der Waals surface area contributed by atoms with Crippen molar-refractivity contribution in [2.75, 3.05) is 5.32 Å². The highest BCUT2D eigenvalue weighted by Crippen LogP contribution is 2.31. The molecular formula is C19H14ClN3O2S. The number of aromatic amines is 1. The number of nitrogens with one attached hydrogen (secondary N) is 2. The van der Waals surface area contributed by atoms with E-state index >= 15 is 0 Å². The number of nitrogens with zero attached hydrogens (tertiary/aromatic N) is 1. The molecule has 7 heteroatoms. The van der Waals surface area contributed by atoms with Crippen molar-refractivity contribution < 1.29 is 9.90 Å². The summed E-state index contributed by atoms with van der Waals surface area (Å²) in [6, 6.07) is 13.4. The maximum absolute atomic E-state index is 11.6. The molecule has 0 amide bonds. The van der Waals surface area contributed by atoms with Crippen LogP contribution in [0.1, 0.15) is 15.2 Å². The Morgan fingerprint density at radius 3 is 2.92 bits per heavy atom. The zero-order valence-corrected chi connectivity index (χ0v) is 15.1. The van der Waals surface area contributed by atoms with Crippen LogP contribution in [0.5, 0.6) is 0 Å². The van der Waals surface area contributed by atoms with E-state index in [1.165, 1.54) is 11.3 Å². The average molecular weight is 384 g/mol. The highest BCUT2D eigenvalue weighted by Gasteiger charge is 2.13. The number of halogens is 1. The number of thiazole rings is 1. The van der Waals surface area contributed by atoms with E-state index in [0.717, 1.165) is 26.9 Å². The molecule has 4 aromatic rings. The molecule has 3 N–H and O–H groups in total. The third-order valence-corrected chi connectivity index (χ3v) is 5.25. The van der Waals surface area contributed by atoms with Crippen molar-refractivity contribution in [3.05, 3.63) is 69.8 Å². The molecule has 5 nitrogen and oxygen atoms in total. The van der Waals surface area contributed by atoms with Gasteiger partial charge >= 0.3 is 5.97 Å². The lowest BCUT2D eigenvalue weighted by atomic mass is 9.99. The minimum Gasteiger partial charge on any atom is -0.478 e. The summed E-state index contributed by atoms with van der Waals surface area (Å²) in [5.41, 5.74) is 3.82. The van der Waals surface area contributed by atoms with Gasteiger partial charge in [-0.1, -0.05) is 29.8 Å². The van der Waals surface area contributed by atoms with Crippen molar-refractivity contribution in [3.63, 3.8) is 0 Å². The number of aromatic carboxylic acids is 1. The van der Waals surface area contributed by atoms with Gasteiger partial charge in [-0.3, -0.25) is 0 Å². The molecule has 0 unspecified atom stereocenters. The largest absolute Gasteiger partial charge is 0.478 e. The van der Waals surface area contributed by atoms with Crippen LogP contribution in [0.15, 0.2) is 54.9 Å². The van der Waals surface area contributed by atoms with Gasteiger partial charge in [0.05, 0.1) is 12.1 Å². The molecule has 2 aromatic carbocycles. The highest BCUT2D eigenvalue weighted by molar-refractivity contribution is 7.15. The Hall–Kier alpha value is -2.83. The molecule has 0 saturated heterocycles. The first-order valence-corrected chi connectivity index (χ1v) is 9.09. The van der Waals surface area contributed by atoms with Crippen molar-refractivity contribution in [2.45, 2.75) is 6.54 Å². The average Bonchev–Trinajstić information content (AvgIpc) is 3.28. The standard InChI is InChI=1S/C19H14ClN3O2S/c20-19-23-10-12(26-19)9-22-17-8-11(4-5-15(17)18(24)25)13-2-1-3-16-14(13)6-7-21-16/h1-8,10,21-22H,9H2,(H,24,25). The highest BCUT2D eigenvalue weighted by atomic mass is 35.5. The number of hydrogen-bond donors (Lipinski definition) is 3. The molecule has 2 heterocycles. The quantitative estimate of drug-likeness (QED) is 0.439. The fourth-order valence-electron chi connectivity index (χ4n) is 2.93. The van der Waals surface area contributed by atoms with Crippen molar-refractivity contribution in [1.29, 1.82) is 0 Å². The number of anilines is 1. The van der Waals surface area contributed by atoms with Gasteiger partial charge in [0.1, 0.15) is 0 Å². The Morgan fingerprint density at radius 1 is 1.27 bits per heavy atom. The van der Waals surface area contributed by atoms with Gasteiger partial charge in [-0.05, 0) is 35.4 Å². The van der Waals surface area contributed by atoms with Crippen LogP contribution in [-0.2, 0) is 6.54 Å². The van der Waals surface area contributed by atoms with Crippen LogP contribution in [0.2, 0.25) is 4.47 Å². The van der Waals surface area contributed by atoms with E-state index in [9.17, 15) is 9.90 Å². The molecule has 130 valence electrons. The summed E-state index contributed by atoms with van der Waals surface area (Å²) in [6.45, 7) is 0.461. The minimum absolute atomic E-state index is 0.227. The third kappa shape index (κ3) is 3.16. The van der Waals surface area contributed by atoms with Gasteiger partial charge in [0.2, 0.25) is 0 Å². The zero-order chi connectivity index (χ0) is 18.1. The lowest BCUT2D eigenvalue weighted by Crippen LogP contribution is -2.06. The number of carboxylic acids is 1. The molecule has 0 aliphatic rings. The van der Waals surface area contributed by atoms with E-state index in [1.54, 1.807) is 12.3 Å². The molecule has 0 aliphatic carbocycles. The number of H-pyrrole nitrogens is 1. The van der Waals surface area contributed by atoms with Crippen LogP contribution in [0, 0.1) is 0 Å². The molecule has 0 spiro atoms. The number of benzene rings is 2. The molecule has 4 rings (SSSR count). The first-order valence-electron chi connectivity index (χ1n) is 7.90. The van der Waals surface area contributed by atoms with Crippen LogP contribution in [0.4, 0.5) is 5.69 Å². The van der Waals surface area contributed by atoms with Crippen molar-refractivity contribution >= 4 is 45.5 Å². The predicted molar refractivity (Wildman–Crippen MR) is 105 cm³/mol. The Balaban J connectivity index is 1.73. The molecule has 0 saturated carbocycles. The molecule has 26 heavy (non-hydrogen) atoms. The fourth-order valence-corrected chi connectivity index (χ4v) is 3.85. The van der Waals surface area contributed by atoms with Crippen LogP contribution in [-0.4, -0.2) is 21.0 Å². The van der Waals surface area contributed by atoms with E-state index < -0.39 is 5.97 Å². The van der Waals surface area contributed by atoms with E-state index in [0.29, 0.717) is 16.7 Å². The summed E-state index contributed by atoms with van der Waals surface area (Å²) in [5.74, 6) is -0.971. The van der Waals surface area contributed by atoms with E-state index in [1.807, 2.05) is 42.6 Å². The third-order valence-electron chi connectivity index (χ3n) is 4.13. The summed E-state index contributed by atoms with van der Waals surface area (Å²) in [6.07, 6.45) is 3.58. The number of carbonyl (C=O) groups is 1. The lowest BCUT2D eigenvalue weighted by molar-refractivity contribution is 0.0698. The van der Waals surface area contributed by atoms with Gasteiger partial charge in [0, 0.05) is 33.9 Å². The van der Waals surface area contributed by atoms with E-state index in [-0.39, 0.29) is 5.56 Å². The molecule has 0 fully saturated rings. The van der Waals surface area contributed by atoms with Gasteiger partial charge in [-0.2, -0.15) is 0 Å². The molecule has 0 radical (unpaired) electrons. The Bertz CT molecular complexity index is 1100. The summed E-state index contributed by atoms with van der Waals surface area (Å²) in [7, 11) is 0. The molecular weight excluding hydrogens is 370 g/mol. The normalized spacial score (nSPS) is 11.0. The Labute approximate surface area is 158 Å². The van der Waals surface area contributed by atoms with Crippen LogP contribution in [0.25, 0.3) is 22.0 Å². The summed E-state index contributed by atoms with van der Waals surface area (Å²) in [4.78, 5) is 19.7. The predicted octanol–water partition coefficient (Wildman–Crippen LogP) is 5.26. The number of rotatable bonds is 5. The molecule has 0 atom stereocenters. The lowest BCUT2D eigenvalue weighted by Gasteiger charge is -2.12. The topological polar surface area (TPSA) is 78.0 Å². The molecule has 2 aromatic heterocycles. The summed E-state index contributed by atoms with van der Waals surface area (Å²) >= 11 is 7.22. The van der Waals surface area contributed by atoms with Crippen molar-refractivity contribution in [3.8, 4) is 11.1 Å². The van der Waals surface area contributed by atoms with Gasteiger partial charge in [-0.15, -0.1) is 11.3 Å². The zero-order valence-electron chi connectivity index (χ0n) is 13.5. The van der Waals surface area contributed by atoms with Gasteiger partial charge in [0.25, 0.3) is 0 Å². The maximum atomic E-state index is 11.6. The summed E-state index contributed by atoms with van der Waals surface area (Å²) < 4.78 is 0.466. The van der Waals surface area contributed by atoms with Gasteiger partial charge < -0.3 is 15.4 Å². The second-order valence-corrected chi connectivity index (χ2v) is 7.44. The first kappa shape index (κ1) is 16.6. The maximum Gasteiger partial charge on any atom is 0.337 e. The van der Waals surface area contributed by atoms with Crippen LogP contribution >= 0.6 is 22.9 Å². The first-order chi connectivity index (χ1) is 12.6. The van der Waals surface area contributed by atoms with Crippen LogP contribution in [0.3, 0.4) is 0 Å². The number of fused-ring (bicyclic) bond motifs is 1. The number of carboxylic acid groups (broad SMARTS) is 1. The number of hydrogen-bond acceptors (Lipinski definition) is 4. The Kier molecular flexibility index (Phi) is 4.36. The van der Waals surface area contributed by atoms with Crippen molar-refractivity contribution in [1.82, 2.24) is 9.97 Å². The minimum atomic E-state index is -0.971. The second kappa shape index (κ2) is 6.82.